The number of aromatic nitrogens is 1. The predicted octanol–water partition coefficient (Wildman–Crippen LogP) is 2.88. The van der Waals surface area contributed by atoms with E-state index in [4.69, 9.17) is 16.7 Å². The summed E-state index contributed by atoms with van der Waals surface area (Å²) < 4.78 is 0. The third-order valence-corrected chi connectivity index (χ3v) is 2.48. The molecule has 1 aromatic carbocycles. The number of carboxylic acids is 1. The molecule has 0 spiro atoms. The normalized spacial score (nSPS) is 10.1. The molecule has 1 heterocycles. The first-order chi connectivity index (χ1) is 8.58. The SMILES string of the molecule is O=C(O)c1cccc(Nc2ccc(Cl)cn2)c1O. The van der Waals surface area contributed by atoms with Crippen LogP contribution in [0.25, 0.3) is 0 Å². The van der Waals surface area contributed by atoms with E-state index in [0.29, 0.717) is 10.8 Å². The number of hydrogen-bond acceptors (Lipinski definition) is 4. The van der Waals surface area contributed by atoms with Crippen LogP contribution in [0.5, 0.6) is 5.75 Å². The molecule has 18 heavy (non-hydrogen) atoms. The van der Waals surface area contributed by atoms with Crippen LogP contribution in [0.2, 0.25) is 5.02 Å². The minimum Gasteiger partial charge on any atom is -0.505 e. The summed E-state index contributed by atoms with van der Waals surface area (Å²) >= 11 is 5.70. The van der Waals surface area contributed by atoms with Gasteiger partial charge in [-0.1, -0.05) is 17.7 Å². The molecule has 0 amide bonds. The van der Waals surface area contributed by atoms with Crippen molar-refractivity contribution < 1.29 is 15.0 Å². The molecule has 0 atom stereocenters. The molecule has 6 heteroatoms. The number of phenols is 1. The van der Waals surface area contributed by atoms with E-state index >= 15 is 0 Å². The molecule has 0 radical (unpaired) electrons. The fourth-order valence-electron chi connectivity index (χ4n) is 1.40. The van der Waals surface area contributed by atoms with Crippen molar-refractivity contribution in [2.45, 2.75) is 0 Å². The minimum atomic E-state index is -1.19. The van der Waals surface area contributed by atoms with E-state index in [1.165, 1.54) is 18.3 Å². The highest BCUT2D eigenvalue weighted by Crippen LogP contribution is 2.29. The first-order valence-corrected chi connectivity index (χ1v) is 5.39. The highest BCUT2D eigenvalue weighted by atomic mass is 35.5. The molecular weight excluding hydrogens is 256 g/mol. The molecule has 0 fully saturated rings. The average Bonchev–Trinajstić information content (AvgIpc) is 2.34. The van der Waals surface area contributed by atoms with Crippen LogP contribution in [-0.2, 0) is 0 Å². The van der Waals surface area contributed by atoms with Gasteiger partial charge in [0.25, 0.3) is 0 Å². The summed E-state index contributed by atoms with van der Waals surface area (Å²) in [5.41, 5.74) is 0.0960. The molecule has 2 aromatic rings. The topological polar surface area (TPSA) is 82.5 Å². The lowest BCUT2D eigenvalue weighted by Gasteiger charge is -2.09. The zero-order valence-electron chi connectivity index (χ0n) is 9.09. The fraction of sp³-hybridized carbons (Fsp3) is 0. The van der Waals surface area contributed by atoms with Gasteiger partial charge in [0.1, 0.15) is 11.4 Å². The van der Waals surface area contributed by atoms with E-state index in [9.17, 15) is 9.90 Å². The molecular formula is C12H9ClN2O3. The molecule has 1 aromatic heterocycles. The number of hydrogen-bond donors (Lipinski definition) is 3. The van der Waals surface area contributed by atoms with Gasteiger partial charge in [0.15, 0.2) is 5.75 Å². The molecule has 0 unspecified atom stereocenters. The van der Waals surface area contributed by atoms with E-state index in [0.717, 1.165) is 0 Å². The third-order valence-electron chi connectivity index (χ3n) is 2.26. The van der Waals surface area contributed by atoms with Gasteiger partial charge in [0, 0.05) is 6.20 Å². The van der Waals surface area contributed by atoms with E-state index in [2.05, 4.69) is 10.3 Å². The number of halogens is 1. The third kappa shape index (κ3) is 2.52. The Morgan fingerprint density at radius 2 is 2.06 bits per heavy atom. The van der Waals surface area contributed by atoms with Crippen LogP contribution in [0.15, 0.2) is 36.5 Å². The zero-order valence-corrected chi connectivity index (χ0v) is 9.85. The van der Waals surface area contributed by atoms with Crippen molar-refractivity contribution in [3.05, 3.63) is 47.1 Å². The summed E-state index contributed by atoms with van der Waals surface area (Å²) in [4.78, 5) is 14.8. The average molecular weight is 265 g/mol. The van der Waals surface area contributed by atoms with E-state index in [-0.39, 0.29) is 17.0 Å². The van der Waals surface area contributed by atoms with Gasteiger partial charge < -0.3 is 15.5 Å². The Balaban J connectivity index is 2.32. The van der Waals surface area contributed by atoms with Gasteiger partial charge in [0.2, 0.25) is 0 Å². The van der Waals surface area contributed by atoms with Gasteiger partial charge in [0.05, 0.1) is 10.7 Å². The molecule has 0 saturated heterocycles. The van der Waals surface area contributed by atoms with Crippen LogP contribution < -0.4 is 5.32 Å². The van der Waals surface area contributed by atoms with E-state index < -0.39 is 5.97 Å². The van der Waals surface area contributed by atoms with Crippen LogP contribution >= 0.6 is 11.6 Å². The maximum atomic E-state index is 10.9. The number of nitrogens with one attached hydrogen (secondary N) is 1. The van der Waals surface area contributed by atoms with Crippen LogP contribution in [0, 0.1) is 0 Å². The number of benzene rings is 1. The van der Waals surface area contributed by atoms with Crippen LogP contribution in [0.4, 0.5) is 11.5 Å². The second-order valence-electron chi connectivity index (χ2n) is 3.49. The van der Waals surface area contributed by atoms with Crippen molar-refractivity contribution in [1.82, 2.24) is 4.98 Å². The molecule has 0 saturated carbocycles. The number of aromatic carboxylic acids is 1. The lowest BCUT2D eigenvalue weighted by molar-refractivity contribution is 0.0694. The Morgan fingerprint density at radius 3 is 2.67 bits per heavy atom. The van der Waals surface area contributed by atoms with Crippen molar-refractivity contribution in [3.8, 4) is 5.75 Å². The Labute approximate surface area is 108 Å². The number of rotatable bonds is 3. The molecule has 2 rings (SSSR count). The predicted molar refractivity (Wildman–Crippen MR) is 67.6 cm³/mol. The monoisotopic (exact) mass is 264 g/mol. The van der Waals surface area contributed by atoms with Crippen molar-refractivity contribution in [2.75, 3.05) is 5.32 Å². The standard InChI is InChI=1S/C12H9ClN2O3/c13-7-4-5-10(14-6-7)15-9-3-1-2-8(11(9)16)12(17)18/h1-6,16H,(H,14,15)(H,17,18). The lowest BCUT2D eigenvalue weighted by atomic mass is 10.1. The summed E-state index contributed by atoms with van der Waals surface area (Å²) in [6, 6.07) is 7.65. The number of nitrogens with zero attached hydrogens (tertiary/aromatic N) is 1. The summed E-state index contributed by atoms with van der Waals surface area (Å²) in [5, 5.41) is 22.0. The first-order valence-electron chi connectivity index (χ1n) is 5.02. The van der Waals surface area contributed by atoms with Gasteiger partial charge in [-0.2, -0.15) is 0 Å². The van der Waals surface area contributed by atoms with Gasteiger partial charge in [-0.05, 0) is 24.3 Å². The molecule has 0 aliphatic heterocycles. The zero-order chi connectivity index (χ0) is 13.1. The Hall–Kier alpha value is -2.27. The second-order valence-corrected chi connectivity index (χ2v) is 3.93. The van der Waals surface area contributed by atoms with Crippen molar-refractivity contribution >= 4 is 29.1 Å². The number of carboxylic acid groups (broad SMARTS) is 1. The first kappa shape index (κ1) is 12.2. The Morgan fingerprint density at radius 1 is 1.28 bits per heavy atom. The van der Waals surface area contributed by atoms with Crippen LogP contribution in [-0.4, -0.2) is 21.2 Å². The van der Waals surface area contributed by atoms with Crippen LogP contribution in [0.1, 0.15) is 10.4 Å². The quantitative estimate of drug-likeness (QED) is 0.743. The Kier molecular flexibility index (Phi) is 3.34. The van der Waals surface area contributed by atoms with Gasteiger partial charge in [-0.25, -0.2) is 9.78 Å². The molecule has 92 valence electrons. The minimum absolute atomic E-state index is 0.172. The highest BCUT2D eigenvalue weighted by molar-refractivity contribution is 6.30. The number of pyridine rings is 1. The summed E-state index contributed by atoms with van der Waals surface area (Å²) in [7, 11) is 0. The largest absolute Gasteiger partial charge is 0.505 e. The summed E-state index contributed by atoms with van der Waals surface area (Å²) in [6.07, 6.45) is 1.45. The maximum Gasteiger partial charge on any atom is 0.339 e. The van der Waals surface area contributed by atoms with Crippen molar-refractivity contribution in [3.63, 3.8) is 0 Å². The molecule has 0 bridgehead atoms. The van der Waals surface area contributed by atoms with Gasteiger partial charge >= 0.3 is 5.97 Å². The number of aromatic hydroxyl groups is 1. The fourth-order valence-corrected chi connectivity index (χ4v) is 1.52. The van der Waals surface area contributed by atoms with E-state index in [1.807, 2.05) is 0 Å². The van der Waals surface area contributed by atoms with Gasteiger partial charge in [-0.3, -0.25) is 0 Å². The number of carbonyl (C=O) groups is 1. The smallest absolute Gasteiger partial charge is 0.339 e. The molecule has 3 N–H and O–H groups in total. The summed E-state index contributed by atoms with van der Waals surface area (Å²) in [6.45, 7) is 0. The molecule has 0 aliphatic rings. The molecule has 5 nitrogen and oxygen atoms in total. The van der Waals surface area contributed by atoms with Crippen LogP contribution in [0.3, 0.4) is 0 Å². The van der Waals surface area contributed by atoms with Gasteiger partial charge in [-0.15, -0.1) is 0 Å². The van der Waals surface area contributed by atoms with Crippen molar-refractivity contribution in [1.29, 1.82) is 0 Å². The molecule has 0 aliphatic carbocycles. The number of anilines is 2. The summed E-state index contributed by atoms with van der Waals surface area (Å²) in [5.74, 6) is -1.07. The highest BCUT2D eigenvalue weighted by Gasteiger charge is 2.12. The van der Waals surface area contributed by atoms with Crippen molar-refractivity contribution in [2.24, 2.45) is 0 Å². The number of para-hydroxylation sites is 1. The van der Waals surface area contributed by atoms with E-state index in [1.54, 1.807) is 18.2 Å². The second kappa shape index (κ2) is 4.93. The maximum absolute atomic E-state index is 10.9. The Bertz CT molecular complexity index is 584. The lowest BCUT2D eigenvalue weighted by Crippen LogP contribution is -2.00.